The van der Waals surface area contributed by atoms with Crippen molar-refractivity contribution >= 4 is 92.5 Å². The Hall–Kier alpha value is -5.07. The molecule has 24 heteroatoms. The number of aliphatic carboxylic acids is 2. The van der Waals surface area contributed by atoms with Crippen molar-refractivity contribution in [2.45, 2.75) is 87.6 Å². The summed E-state index contributed by atoms with van der Waals surface area (Å²) < 4.78 is -0.989. The smallest absolute Gasteiger partial charge is 0.327 e. The highest BCUT2D eigenvalue weighted by molar-refractivity contribution is 8.76. The van der Waals surface area contributed by atoms with Crippen LogP contribution in [0.2, 0.25) is 0 Å². The van der Waals surface area contributed by atoms with Crippen LogP contribution in [0.1, 0.15) is 44.7 Å². The first-order valence-electron chi connectivity index (χ1n) is 17.7. The lowest BCUT2D eigenvalue weighted by Crippen LogP contribution is -2.61. The van der Waals surface area contributed by atoms with Gasteiger partial charge >= 0.3 is 11.9 Å². The van der Waals surface area contributed by atoms with E-state index in [-0.39, 0.29) is 30.3 Å². The van der Waals surface area contributed by atoms with Crippen molar-refractivity contribution in [3.63, 3.8) is 0 Å². The van der Waals surface area contributed by atoms with Crippen LogP contribution in [0.3, 0.4) is 0 Å². The molecular weight excluding hydrogens is 823 g/mol. The van der Waals surface area contributed by atoms with Gasteiger partial charge in [-0.2, -0.15) is 0 Å². The van der Waals surface area contributed by atoms with Gasteiger partial charge < -0.3 is 58.5 Å². The standard InChI is InChI=1S/C34H47N9O12S3/c1-16(44)38-22-13-57-58-14-23(33(54)55)42-29(50)20(10-26(47)48)39-25(46)12-37-28(49)19(8-17-4-6-18(11-35)7-5-17)40-31(52)27-34(2,3)56-15-43(27)32(53)21(9-24(36)45)41-30(22)51/h4-7,19-23,27H,8-15,35H2,1-3H3,(H2,36,45)(H,37,49)(H,38,44)(H,39,46)(H,40,52)(H,41,51)(H,42,50)(H,47,48)(H,54,55)/t19-,20-,21-,22-,23?,27+/m0/s1. The Kier molecular flexibility index (Phi) is 17.6. The Balaban J connectivity index is 2.07. The predicted octanol–water partition coefficient (Wildman–Crippen LogP) is -3.24. The number of rotatable bonds is 9. The first-order chi connectivity index (χ1) is 27.2. The lowest BCUT2D eigenvalue weighted by atomic mass is 9.98. The third kappa shape index (κ3) is 14.1. The molecule has 2 aliphatic rings. The molecule has 0 saturated carbocycles. The first-order valence-corrected chi connectivity index (χ1v) is 21.1. The Labute approximate surface area is 344 Å². The van der Waals surface area contributed by atoms with E-state index in [1.807, 2.05) is 0 Å². The van der Waals surface area contributed by atoms with Crippen LogP contribution >= 0.6 is 33.3 Å². The molecule has 12 N–H and O–H groups in total. The monoisotopic (exact) mass is 869 g/mol. The highest BCUT2D eigenvalue weighted by Crippen LogP contribution is 2.40. The fourth-order valence-corrected chi connectivity index (χ4v) is 9.28. The minimum Gasteiger partial charge on any atom is -0.481 e. The molecule has 0 radical (unpaired) electrons. The zero-order valence-electron chi connectivity index (χ0n) is 31.7. The molecule has 0 bridgehead atoms. The molecule has 1 aromatic carbocycles. The van der Waals surface area contributed by atoms with Crippen LogP contribution in [0.5, 0.6) is 0 Å². The summed E-state index contributed by atoms with van der Waals surface area (Å²) in [5.74, 6) is -10.9. The third-order valence-electron chi connectivity index (χ3n) is 8.74. The van der Waals surface area contributed by atoms with Crippen molar-refractivity contribution in [1.82, 2.24) is 36.8 Å². The second kappa shape index (κ2) is 21.6. The molecule has 1 aromatic rings. The van der Waals surface area contributed by atoms with Gasteiger partial charge in [-0.15, -0.1) is 11.8 Å². The summed E-state index contributed by atoms with van der Waals surface area (Å²) in [5, 5.41) is 33.5. The Morgan fingerprint density at radius 1 is 0.828 bits per heavy atom. The van der Waals surface area contributed by atoms with Crippen molar-refractivity contribution in [1.29, 1.82) is 0 Å². The number of nitrogens with two attached hydrogens (primary N) is 2. The first kappa shape index (κ1) is 47.3. The van der Waals surface area contributed by atoms with Crippen molar-refractivity contribution < 1.29 is 58.2 Å². The summed E-state index contributed by atoms with van der Waals surface area (Å²) in [6, 6.07) is -2.24. The number of hydrogen-bond acceptors (Lipinski definition) is 14. The van der Waals surface area contributed by atoms with Crippen LogP contribution in [0.25, 0.3) is 0 Å². The normalized spacial score (nSPS) is 25.5. The maximum Gasteiger partial charge on any atom is 0.327 e. The number of benzene rings is 1. The van der Waals surface area contributed by atoms with Crippen LogP contribution in [0, 0.1) is 0 Å². The summed E-state index contributed by atoms with van der Waals surface area (Å²) in [7, 11) is 1.77. The average Bonchev–Trinajstić information content (AvgIpc) is 3.46. The molecule has 1 unspecified atom stereocenters. The van der Waals surface area contributed by atoms with E-state index >= 15 is 0 Å². The molecule has 0 aromatic heterocycles. The number of carboxylic acids is 2. The average molecular weight is 870 g/mol. The number of nitrogens with one attached hydrogen (secondary N) is 6. The van der Waals surface area contributed by atoms with Gasteiger partial charge in [-0.25, -0.2) is 4.79 Å². The maximum absolute atomic E-state index is 14.2. The molecule has 0 spiro atoms. The number of amides is 8. The lowest BCUT2D eigenvalue weighted by molar-refractivity contribution is -0.144. The largest absolute Gasteiger partial charge is 0.481 e. The van der Waals surface area contributed by atoms with E-state index in [4.69, 9.17) is 11.5 Å². The second-order valence-corrected chi connectivity index (χ2v) is 17.9. The number of carboxylic acid groups (broad SMARTS) is 2. The number of fused-ring (bicyclic) bond motifs is 1. The third-order valence-corrected chi connectivity index (χ3v) is 12.5. The summed E-state index contributed by atoms with van der Waals surface area (Å²) in [6.45, 7) is 3.91. The van der Waals surface area contributed by atoms with E-state index in [1.165, 1.54) is 11.8 Å². The Bertz CT molecular complexity index is 1770. The molecule has 21 nitrogen and oxygen atoms in total. The number of hydrogen-bond donors (Lipinski definition) is 10. The van der Waals surface area contributed by atoms with Gasteiger partial charge in [0.15, 0.2) is 0 Å². The lowest BCUT2D eigenvalue weighted by Gasteiger charge is -2.33. The van der Waals surface area contributed by atoms with E-state index in [2.05, 4.69) is 31.9 Å². The number of carbonyl (C=O) groups excluding carboxylic acids is 8. The molecule has 2 saturated heterocycles. The van der Waals surface area contributed by atoms with Crippen LogP contribution in [-0.2, 0) is 60.9 Å². The van der Waals surface area contributed by atoms with Crippen molar-refractivity contribution in [2.75, 3.05) is 23.9 Å². The van der Waals surface area contributed by atoms with Crippen molar-refractivity contribution in [3.05, 3.63) is 35.4 Å². The highest BCUT2D eigenvalue weighted by atomic mass is 33.1. The van der Waals surface area contributed by atoms with Crippen LogP contribution in [0.15, 0.2) is 24.3 Å². The summed E-state index contributed by atoms with van der Waals surface area (Å²) in [4.78, 5) is 131. The number of thioether (sulfide) groups is 1. The number of primary amides is 1. The molecule has 2 fully saturated rings. The highest BCUT2D eigenvalue weighted by Gasteiger charge is 2.50. The molecule has 0 aliphatic carbocycles. The molecule has 2 aliphatic heterocycles. The summed E-state index contributed by atoms with van der Waals surface area (Å²) in [5.41, 5.74) is 12.5. The molecule has 58 heavy (non-hydrogen) atoms. The molecule has 8 amide bonds. The summed E-state index contributed by atoms with van der Waals surface area (Å²) >= 11 is 1.20. The zero-order valence-corrected chi connectivity index (χ0v) is 34.2. The molecule has 2 heterocycles. The van der Waals surface area contributed by atoms with Crippen molar-refractivity contribution in [2.24, 2.45) is 11.5 Å². The van der Waals surface area contributed by atoms with E-state index < -0.39 is 120 Å². The number of carbonyl (C=O) groups is 10. The molecule has 3 rings (SSSR count). The van der Waals surface area contributed by atoms with E-state index in [0.29, 0.717) is 5.56 Å². The van der Waals surface area contributed by atoms with Gasteiger partial charge in [0.2, 0.25) is 47.3 Å². The topological polar surface area (TPSA) is 339 Å². The minimum absolute atomic E-state index is 0.0801. The van der Waals surface area contributed by atoms with Gasteiger partial charge in [0, 0.05) is 36.1 Å². The molecule has 318 valence electrons. The number of nitrogens with zero attached hydrogens (tertiary/aromatic N) is 1. The zero-order chi connectivity index (χ0) is 43.3. The van der Waals surface area contributed by atoms with Gasteiger partial charge in [0.1, 0.15) is 36.3 Å². The van der Waals surface area contributed by atoms with Gasteiger partial charge in [-0.1, -0.05) is 45.9 Å². The van der Waals surface area contributed by atoms with E-state index in [1.54, 1.807) is 38.1 Å². The fourth-order valence-electron chi connectivity index (χ4n) is 5.82. The quantitative estimate of drug-likeness (QED) is 0.109. The predicted molar refractivity (Wildman–Crippen MR) is 212 cm³/mol. The van der Waals surface area contributed by atoms with Crippen molar-refractivity contribution in [3.8, 4) is 0 Å². The van der Waals surface area contributed by atoms with Crippen LogP contribution in [0.4, 0.5) is 0 Å². The van der Waals surface area contributed by atoms with Crippen LogP contribution in [-0.4, -0.2) is 139 Å². The van der Waals surface area contributed by atoms with Crippen LogP contribution < -0.4 is 43.4 Å². The SMILES string of the molecule is CC(=O)N[C@H]1CSSCC(C(=O)O)NC(=O)[C@H](CC(=O)O)NC(=O)CNC(=O)[C@H](Cc2ccc(CN)cc2)NC(=O)[C@H]2N(CSC2(C)C)C(=O)[C@H](CC(N)=O)NC1=O. The van der Waals surface area contributed by atoms with Gasteiger partial charge in [-0.3, -0.25) is 43.2 Å². The maximum atomic E-state index is 14.2. The summed E-state index contributed by atoms with van der Waals surface area (Å²) in [6.07, 6.45) is -1.77. The Morgan fingerprint density at radius 3 is 2.03 bits per heavy atom. The van der Waals surface area contributed by atoms with Gasteiger partial charge in [0.25, 0.3) is 0 Å². The molecular formula is C34H47N9O12S3. The fraction of sp³-hybridized carbons (Fsp3) is 0.529. The van der Waals surface area contributed by atoms with E-state index in [0.717, 1.165) is 39.0 Å². The Morgan fingerprint density at radius 2 is 1.45 bits per heavy atom. The second-order valence-electron chi connectivity index (χ2n) is 13.8. The minimum atomic E-state index is -1.77. The molecule has 6 atom stereocenters. The van der Waals surface area contributed by atoms with Gasteiger partial charge in [0.05, 0.1) is 25.3 Å². The van der Waals surface area contributed by atoms with E-state index in [9.17, 15) is 58.2 Å². The van der Waals surface area contributed by atoms with Gasteiger partial charge in [-0.05, 0) is 25.0 Å².